The van der Waals surface area contributed by atoms with Gasteiger partial charge in [0.1, 0.15) is 11.4 Å². The molecule has 1 aliphatic heterocycles. The second-order valence-electron chi connectivity index (χ2n) is 7.03. The number of aryl methyl sites for hydroxylation is 2. The van der Waals surface area contributed by atoms with Crippen molar-refractivity contribution >= 4 is 23.1 Å². The van der Waals surface area contributed by atoms with Gasteiger partial charge in [-0.1, -0.05) is 24.3 Å². The van der Waals surface area contributed by atoms with Crippen molar-refractivity contribution in [1.82, 2.24) is 4.90 Å². The molecule has 2 aromatic carbocycles. The van der Waals surface area contributed by atoms with Crippen LogP contribution in [0, 0.1) is 13.8 Å². The molecule has 2 aromatic rings. The first-order valence-corrected chi connectivity index (χ1v) is 9.54. The van der Waals surface area contributed by atoms with Crippen LogP contribution in [0.4, 0.5) is 5.69 Å². The average Bonchev–Trinajstić information content (AvgIpc) is 2.95. The molecule has 1 aliphatic rings. The van der Waals surface area contributed by atoms with Crippen molar-refractivity contribution in [2.45, 2.75) is 20.3 Å². The first-order valence-electron chi connectivity index (χ1n) is 9.54. The van der Waals surface area contributed by atoms with Crippen LogP contribution in [0.25, 0.3) is 5.57 Å². The van der Waals surface area contributed by atoms with Crippen LogP contribution in [-0.2, 0) is 14.3 Å². The third-order valence-electron chi connectivity index (χ3n) is 4.93. The molecule has 0 bridgehead atoms. The normalized spacial score (nSPS) is 14.0. The number of carbonyl (C=O) groups excluding carboxylic acids is 2. The first-order chi connectivity index (χ1) is 14.0. The van der Waals surface area contributed by atoms with Gasteiger partial charge in [0.15, 0.2) is 0 Å². The second kappa shape index (κ2) is 8.92. The topological polar surface area (TPSA) is 67.9 Å². The number of nitrogens with zero attached hydrogens (tertiary/aromatic N) is 1. The zero-order chi connectivity index (χ0) is 21.0. The number of amides is 2. The maximum absolute atomic E-state index is 13.2. The van der Waals surface area contributed by atoms with E-state index in [-0.39, 0.29) is 11.8 Å². The van der Waals surface area contributed by atoms with Gasteiger partial charge in [0.2, 0.25) is 0 Å². The fourth-order valence-corrected chi connectivity index (χ4v) is 3.29. The van der Waals surface area contributed by atoms with Crippen LogP contribution < -0.4 is 10.1 Å². The SMILES string of the molecule is COCCCN1C(=O)C(Nc2cc(C)ccc2C)=C(c2ccc(OC)cc2)C1=O. The standard InChI is InChI=1S/C23H26N2O4/c1-15-6-7-16(2)19(14-15)24-21-20(17-8-10-18(29-4)11-9-17)22(26)25(23(21)27)12-5-13-28-3/h6-11,14,24H,5,12-13H2,1-4H3. The van der Waals surface area contributed by atoms with Crippen molar-refractivity contribution < 1.29 is 19.1 Å². The minimum Gasteiger partial charge on any atom is -0.497 e. The summed E-state index contributed by atoms with van der Waals surface area (Å²) in [6, 6.07) is 13.1. The summed E-state index contributed by atoms with van der Waals surface area (Å²) in [5.41, 5.74) is 4.22. The van der Waals surface area contributed by atoms with E-state index in [1.54, 1.807) is 38.5 Å². The van der Waals surface area contributed by atoms with Gasteiger partial charge in [-0.2, -0.15) is 0 Å². The van der Waals surface area contributed by atoms with Crippen molar-refractivity contribution in [2.75, 3.05) is 32.7 Å². The minimum atomic E-state index is -0.321. The lowest BCUT2D eigenvalue weighted by Gasteiger charge is -2.15. The third-order valence-corrected chi connectivity index (χ3v) is 4.93. The van der Waals surface area contributed by atoms with E-state index in [2.05, 4.69) is 5.32 Å². The Bertz CT molecular complexity index is 948. The van der Waals surface area contributed by atoms with Crippen LogP contribution in [0.2, 0.25) is 0 Å². The highest BCUT2D eigenvalue weighted by atomic mass is 16.5. The highest BCUT2D eigenvalue weighted by molar-refractivity contribution is 6.36. The van der Waals surface area contributed by atoms with Crippen molar-refractivity contribution in [1.29, 1.82) is 0 Å². The lowest BCUT2D eigenvalue weighted by Crippen LogP contribution is -2.34. The van der Waals surface area contributed by atoms with E-state index in [0.29, 0.717) is 42.2 Å². The van der Waals surface area contributed by atoms with E-state index in [0.717, 1.165) is 16.8 Å². The summed E-state index contributed by atoms with van der Waals surface area (Å²) in [7, 11) is 3.19. The molecule has 0 spiro atoms. The highest BCUT2D eigenvalue weighted by Crippen LogP contribution is 2.32. The number of imide groups is 1. The molecule has 1 N–H and O–H groups in total. The fourth-order valence-electron chi connectivity index (χ4n) is 3.29. The van der Waals surface area contributed by atoms with E-state index in [1.165, 1.54) is 4.90 Å². The Morgan fingerprint density at radius 2 is 1.69 bits per heavy atom. The van der Waals surface area contributed by atoms with Crippen LogP contribution in [-0.4, -0.2) is 44.1 Å². The number of benzene rings is 2. The zero-order valence-electron chi connectivity index (χ0n) is 17.2. The van der Waals surface area contributed by atoms with Gasteiger partial charge in [0, 0.05) is 25.9 Å². The van der Waals surface area contributed by atoms with E-state index in [9.17, 15) is 9.59 Å². The van der Waals surface area contributed by atoms with Crippen LogP contribution in [0.1, 0.15) is 23.1 Å². The molecule has 1 heterocycles. The monoisotopic (exact) mass is 394 g/mol. The summed E-state index contributed by atoms with van der Waals surface area (Å²) < 4.78 is 10.3. The molecule has 6 heteroatoms. The molecule has 0 fully saturated rings. The van der Waals surface area contributed by atoms with Gasteiger partial charge < -0.3 is 14.8 Å². The summed E-state index contributed by atoms with van der Waals surface area (Å²) in [6.07, 6.45) is 0.584. The molecular weight excluding hydrogens is 368 g/mol. The molecule has 29 heavy (non-hydrogen) atoms. The molecule has 0 aliphatic carbocycles. The number of nitrogens with one attached hydrogen (secondary N) is 1. The van der Waals surface area contributed by atoms with Crippen LogP contribution >= 0.6 is 0 Å². The van der Waals surface area contributed by atoms with E-state index < -0.39 is 0 Å². The largest absolute Gasteiger partial charge is 0.497 e. The van der Waals surface area contributed by atoms with Gasteiger partial charge in [-0.05, 0) is 55.2 Å². The van der Waals surface area contributed by atoms with E-state index in [4.69, 9.17) is 9.47 Å². The lowest BCUT2D eigenvalue weighted by molar-refractivity contribution is -0.136. The Balaban J connectivity index is 2.02. The van der Waals surface area contributed by atoms with E-state index >= 15 is 0 Å². The van der Waals surface area contributed by atoms with Crippen molar-refractivity contribution in [3.8, 4) is 5.75 Å². The summed E-state index contributed by atoms with van der Waals surface area (Å²) in [5.74, 6) is 0.0639. The number of ether oxygens (including phenoxy) is 2. The maximum atomic E-state index is 13.2. The van der Waals surface area contributed by atoms with Gasteiger partial charge in [-0.25, -0.2) is 0 Å². The number of methoxy groups -OCH3 is 2. The van der Waals surface area contributed by atoms with E-state index in [1.807, 2.05) is 32.0 Å². The van der Waals surface area contributed by atoms with Crippen molar-refractivity contribution in [3.63, 3.8) is 0 Å². The van der Waals surface area contributed by atoms with Gasteiger partial charge in [0.25, 0.3) is 11.8 Å². The Hall–Kier alpha value is -3.12. The highest BCUT2D eigenvalue weighted by Gasteiger charge is 2.39. The van der Waals surface area contributed by atoms with Crippen molar-refractivity contribution in [3.05, 3.63) is 64.9 Å². The van der Waals surface area contributed by atoms with Crippen LogP contribution in [0.5, 0.6) is 5.75 Å². The molecule has 3 rings (SSSR count). The van der Waals surface area contributed by atoms with Gasteiger partial charge in [0.05, 0.1) is 12.7 Å². The minimum absolute atomic E-state index is 0.297. The molecular formula is C23H26N2O4. The zero-order valence-corrected chi connectivity index (χ0v) is 17.2. The van der Waals surface area contributed by atoms with Gasteiger partial charge >= 0.3 is 0 Å². The number of rotatable bonds is 8. The summed E-state index contributed by atoms with van der Waals surface area (Å²) in [5, 5.41) is 3.23. The fraction of sp³-hybridized carbons (Fsp3) is 0.304. The molecule has 0 atom stereocenters. The Labute approximate surface area is 171 Å². The molecule has 0 aromatic heterocycles. The summed E-state index contributed by atoms with van der Waals surface area (Å²) >= 11 is 0. The molecule has 2 amide bonds. The molecule has 0 radical (unpaired) electrons. The second-order valence-corrected chi connectivity index (χ2v) is 7.03. The van der Waals surface area contributed by atoms with Crippen LogP contribution in [0.3, 0.4) is 0 Å². The van der Waals surface area contributed by atoms with Gasteiger partial charge in [-0.15, -0.1) is 0 Å². The molecule has 0 saturated carbocycles. The molecule has 152 valence electrons. The predicted octanol–water partition coefficient (Wildman–Crippen LogP) is 3.54. The predicted molar refractivity (Wildman–Crippen MR) is 113 cm³/mol. The number of hydrogen-bond donors (Lipinski definition) is 1. The number of carbonyl (C=O) groups is 2. The Kier molecular flexibility index (Phi) is 6.34. The average molecular weight is 394 g/mol. The summed E-state index contributed by atoms with van der Waals surface area (Å²) in [6.45, 7) is 4.74. The smallest absolute Gasteiger partial charge is 0.278 e. The maximum Gasteiger partial charge on any atom is 0.278 e. The molecule has 6 nitrogen and oxygen atoms in total. The first kappa shape index (κ1) is 20.6. The van der Waals surface area contributed by atoms with Crippen LogP contribution in [0.15, 0.2) is 48.2 Å². The Morgan fingerprint density at radius 1 is 0.966 bits per heavy atom. The quantitative estimate of drug-likeness (QED) is 0.548. The van der Waals surface area contributed by atoms with Crippen molar-refractivity contribution in [2.24, 2.45) is 0 Å². The molecule has 0 unspecified atom stereocenters. The lowest BCUT2D eigenvalue weighted by atomic mass is 10.0. The van der Waals surface area contributed by atoms with Gasteiger partial charge in [-0.3, -0.25) is 14.5 Å². The number of anilines is 1. The Morgan fingerprint density at radius 3 is 2.34 bits per heavy atom. The number of hydrogen-bond acceptors (Lipinski definition) is 5. The molecule has 0 saturated heterocycles. The third kappa shape index (κ3) is 4.32. The summed E-state index contributed by atoms with van der Waals surface area (Å²) in [4.78, 5) is 27.6.